The summed E-state index contributed by atoms with van der Waals surface area (Å²) >= 11 is 1.15. The number of aromatic nitrogens is 2. The lowest BCUT2D eigenvalue weighted by Crippen LogP contribution is -2.23. The Morgan fingerprint density at radius 3 is 2.86 bits per heavy atom. The van der Waals surface area contributed by atoms with Crippen LogP contribution in [0.1, 0.15) is 18.2 Å². The Morgan fingerprint density at radius 2 is 2.18 bits per heavy atom. The highest BCUT2D eigenvalue weighted by Crippen LogP contribution is 2.21. The lowest BCUT2D eigenvalue weighted by Gasteiger charge is -2.12. The number of hydrogen-bond acceptors (Lipinski definition) is 5. The molecule has 1 heterocycles. The van der Waals surface area contributed by atoms with Gasteiger partial charge in [0.05, 0.1) is 16.5 Å². The summed E-state index contributed by atoms with van der Waals surface area (Å²) in [6.45, 7) is 3.42. The van der Waals surface area contributed by atoms with Crippen LogP contribution in [-0.4, -0.2) is 21.1 Å². The van der Waals surface area contributed by atoms with Crippen molar-refractivity contribution in [1.82, 2.24) is 9.97 Å². The van der Waals surface area contributed by atoms with Crippen molar-refractivity contribution in [3.8, 4) is 6.07 Å². The zero-order valence-electron chi connectivity index (χ0n) is 12.1. The van der Waals surface area contributed by atoms with Crippen LogP contribution in [0.25, 0.3) is 0 Å². The van der Waals surface area contributed by atoms with Gasteiger partial charge < -0.3 is 10.3 Å². The van der Waals surface area contributed by atoms with E-state index in [-0.39, 0.29) is 11.5 Å². The standard InChI is InChI=1S/C15H14N4O2S/c1-9-7-13(20)19-15(17-9)22-10(2)14(21)18-12-6-4-3-5-11(12)8-16/h3-7,10H,1-2H3,(H,18,21)(H,17,19,20). The van der Waals surface area contributed by atoms with Gasteiger partial charge in [-0.05, 0) is 26.0 Å². The fraction of sp³-hybridized carbons (Fsp3) is 0.200. The second-order valence-corrected chi connectivity index (χ2v) is 5.93. The number of rotatable bonds is 4. The van der Waals surface area contributed by atoms with Gasteiger partial charge in [0.2, 0.25) is 5.91 Å². The van der Waals surface area contributed by atoms with Crippen molar-refractivity contribution in [3.63, 3.8) is 0 Å². The number of para-hydroxylation sites is 1. The van der Waals surface area contributed by atoms with Crippen molar-refractivity contribution in [1.29, 1.82) is 5.26 Å². The molecule has 22 heavy (non-hydrogen) atoms. The lowest BCUT2D eigenvalue weighted by atomic mass is 10.2. The number of benzene rings is 1. The van der Waals surface area contributed by atoms with Crippen LogP contribution in [0, 0.1) is 18.3 Å². The topological polar surface area (TPSA) is 98.6 Å². The van der Waals surface area contributed by atoms with Gasteiger partial charge in [0, 0.05) is 11.8 Å². The summed E-state index contributed by atoms with van der Waals surface area (Å²) in [5, 5.41) is 11.6. The van der Waals surface area contributed by atoms with E-state index in [2.05, 4.69) is 15.3 Å². The summed E-state index contributed by atoms with van der Waals surface area (Å²) in [5.41, 5.74) is 1.20. The molecule has 0 radical (unpaired) electrons. The van der Waals surface area contributed by atoms with Gasteiger partial charge >= 0.3 is 0 Å². The quantitative estimate of drug-likeness (QED) is 0.665. The van der Waals surface area contributed by atoms with Crippen LogP contribution in [0.3, 0.4) is 0 Å². The highest BCUT2D eigenvalue weighted by Gasteiger charge is 2.17. The molecule has 112 valence electrons. The zero-order valence-corrected chi connectivity index (χ0v) is 12.9. The van der Waals surface area contributed by atoms with Gasteiger partial charge in [-0.3, -0.25) is 9.59 Å². The minimum atomic E-state index is -0.475. The van der Waals surface area contributed by atoms with Crippen LogP contribution in [-0.2, 0) is 4.79 Å². The maximum Gasteiger partial charge on any atom is 0.251 e. The fourth-order valence-electron chi connectivity index (χ4n) is 1.75. The molecule has 6 nitrogen and oxygen atoms in total. The Morgan fingerprint density at radius 1 is 1.45 bits per heavy atom. The number of nitriles is 1. The van der Waals surface area contributed by atoms with E-state index in [0.29, 0.717) is 22.1 Å². The summed E-state index contributed by atoms with van der Waals surface area (Å²) in [5.74, 6) is -0.267. The van der Waals surface area contributed by atoms with E-state index >= 15 is 0 Å². The lowest BCUT2D eigenvalue weighted by molar-refractivity contribution is -0.115. The van der Waals surface area contributed by atoms with Crippen LogP contribution < -0.4 is 10.9 Å². The minimum absolute atomic E-state index is 0.252. The normalized spacial score (nSPS) is 11.5. The van der Waals surface area contributed by atoms with Crippen molar-refractivity contribution in [2.24, 2.45) is 0 Å². The highest BCUT2D eigenvalue weighted by molar-refractivity contribution is 8.00. The third-order valence-electron chi connectivity index (χ3n) is 2.81. The van der Waals surface area contributed by atoms with Gasteiger partial charge in [-0.15, -0.1) is 0 Å². The second-order valence-electron chi connectivity index (χ2n) is 4.60. The number of carbonyl (C=O) groups excluding carboxylic acids is 1. The number of hydrogen-bond donors (Lipinski definition) is 2. The molecule has 2 N–H and O–H groups in total. The average molecular weight is 314 g/mol. The Hall–Kier alpha value is -2.59. The fourth-order valence-corrected chi connectivity index (χ4v) is 2.61. The summed E-state index contributed by atoms with van der Waals surface area (Å²) in [4.78, 5) is 30.3. The molecule has 1 atom stereocenters. The molecule has 0 saturated heterocycles. The molecular weight excluding hydrogens is 300 g/mol. The Kier molecular flexibility index (Phi) is 4.96. The second kappa shape index (κ2) is 6.91. The van der Waals surface area contributed by atoms with E-state index in [1.165, 1.54) is 6.07 Å². The number of nitrogens with zero attached hydrogens (tertiary/aromatic N) is 2. The van der Waals surface area contributed by atoms with Gasteiger partial charge in [0.25, 0.3) is 5.56 Å². The maximum absolute atomic E-state index is 12.2. The number of thioether (sulfide) groups is 1. The molecule has 0 aliphatic carbocycles. The number of carbonyl (C=O) groups is 1. The van der Waals surface area contributed by atoms with E-state index in [9.17, 15) is 9.59 Å². The molecular formula is C15H14N4O2S. The third kappa shape index (κ3) is 3.96. The summed E-state index contributed by atoms with van der Waals surface area (Å²) in [7, 11) is 0. The Bertz CT molecular complexity index is 795. The van der Waals surface area contributed by atoms with Gasteiger partial charge in [-0.1, -0.05) is 23.9 Å². The Balaban J connectivity index is 2.09. The van der Waals surface area contributed by atoms with E-state index in [1.54, 1.807) is 38.1 Å². The number of H-pyrrole nitrogens is 1. The zero-order chi connectivity index (χ0) is 16.1. The van der Waals surface area contributed by atoms with Gasteiger partial charge in [-0.25, -0.2) is 4.98 Å². The molecule has 0 spiro atoms. The van der Waals surface area contributed by atoms with Crippen LogP contribution in [0.2, 0.25) is 0 Å². The number of aromatic amines is 1. The molecule has 0 aliphatic rings. The van der Waals surface area contributed by atoms with Gasteiger partial charge in [0.15, 0.2) is 5.16 Å². The minimum Gasteiger partial charge on any atom is -0.324 e. The first-order chi connectivity index (χ1) is 10.5. The van der Waals surface area contributed by atoms with Gasteiger partial charge in [0.1, 0.15) is 6.07 Å². The molecule has 1 unspecified atom stereocenters. The van der Waals surface area contributed by atoms with Gasteiger partial charge in [-0.2, -0.15) is 5.26 Å². The summed E-state index contributed by atoms with van der Waals surface area (Å²) in [6, 6.07) is 10.2. The van der Waals surface area contributed by atoms with Crippen molar-refractivity contribution in [2.45, 2.75) is 24.3 Å². The van der Waals surface area contributed by atoms with Crippen LogP contribution >= 0.6 is 11.8 Å². The molecule has 7 heteroatoms. The smallest absolute Gasteiger partial charge is 0.251 e. The monoisotopic (exact) mass is 314 g/mol. The number of aryl methyl sites for hydroxylation is 1. The van der Waals surface area contributed by atoms with E-state index in [4.69, 9.17) is 5.26 Å². The van der Waals surface area contributed by atoms with E-state index in [1.807, 2.05) is 6.07 Å². The molecule has 2 aromatic rings. The molecule has 0 saturated carbocycles. The Labute approximate surface area is 131 Å². The number of amides is 1. The highest BCUT2D eigenvalue weighted by atomic mass is 32.2. The average Bonchev–Trinajstić information content (AvgIpc) is 2.46. The molecule has 0 fully saturated rings. The first-order valence-corrected chi connectivity index (χ1v) is 7.42. The third-order valence-corrected chi connectivity index (χ3v) is 3.80. The van der Waals surface area contributed by atoms with E-state index < -0.39 is 5.25 Å². The van der Waals surface area contributed by atoms with Crippen molar-refractivity contribution in [3.05, 3.63) is 51.9 Å². The molecule has 1 amide bonds. The van der Waals surface area contributed by atoms with Crippen molar-refractivity contribution < 1.29 is 4.79 Å². The molecule has 0 bridgehead atoms. The van der Waals surface area contributed by atoms with Crippen LogP contribution in [0.5, 0.6) is 0 Å². The largest absolute Gasteiger partial charge is 0.324 e. The van der Waals surface area contributed by atoms with Crippen molar-refractivity contribution in [2.75, 3.05) is 5.32 Å². The van der Waals surface area contributed by atoms with E-state index in [0.717, 1.165) is 11.8 Å². The molecule has 0 aliphatic heterocycles. The molecule has 2 rings (SSSR count). The molecule has 1 aromatic heterocycles. The molecule has 1 aromatic carbocycles. The van der Waals surface area contributed by atoms with Crippen molar-refractivity contribution >= 4 is 23.4 Å². The number of anilines is 1. The summed E-state index contributed by atoms with van der Waals surface area (Å²) in [6.07, 6.45) is 0. The maximum atomic E-state index is 12.2. The number of nitrogens with one attached hydrogen (secondary N) is 2. The predicted molar refractivity (Wildman–Crippen MR) is 84.7 cm³/mol. The first-order valence-electron chi connectivity index (χ1n) is 6.54. The van der Waals surface area contributed by atoms with Crippen LogP contribution in [0.4, 0.5) is 5.69 Å². The first kappa shape index (κ1) is 15.8. The summed E-state index contributed by atoms with van der Waals surface area (Å²) < 4.78 is 0. The van der Waals surface area contributed by atoms with Crippen LogP contribution in [0.15, 0.2) is 40.3 Å². The predicted octanol–water partition coefficient (Wildman–Crippen LogP) is 2.07. The SMILES string of the molecule is Cc1cc(=O)[nH]c(SC(C)C(=O)Nc2ccccc2C#N)n1.